The van der Waals surface area contributed by atoms with Crippen molar-refractivity contribution in [3.8, 4) is 0 Å². The first-order chi connectivity index (χ1) is 22.1. The minimum absolute atomic E-state index is 0.141. The lowest BCUT2D eigenvalue weighted by atomic mass is 9.64. The summed E-state index contributed by atoms with van der Waals surface area (Å²) in [6.45, 7) is 6.25. The largest absolute Gasteiger partial charge is 0.352 e. The number of nitrogens with zero attached hydrogens (tertiary/aromatic N) is 2. The molecule has 1 spiro atoms. The van der Waals surface area contributed by atoms with Crippen LogP contribution in [0.4, 0.5) is 17.1 Å². The van der Waals surface area contributed by atoms with Crippen LogP contribution in [0.3, 0.4) is 0 Å². The topological polar surface area (TPSA) is 110 Å². The van der Waals surface area contributed by atoms with Gasteiger partial charge in [0, 0.05) is 40.2 Å². The van der Waals surface area contributed by atoms with Crippen LogP contribution in [0.2, 0.25) is 0 Å². The molecule has 46 heavy (non-hydrogen) atoms. The number of nitrogens with one attached hydrogen (secondary N) is 1. The number of allylic oxidation sites excluding steroid dienone is 1. The van der Waals surface area contributed by atoms with Crippen molar-refractivity contribution in [1.29, 1.82) is 0 Å². The van der Waals surface area contributed by atoms with Crippen molar-refractivity contribution < 1.29 is 19.3 Å². The van der Waals surface area contributed by atoms with Crippen molar-refractivity contribution in [3.05, 3.63) is 141 Å². The summed E-state index contributed by atoms with van der Waals surface area (Å²) in [6, 6.07) is 26.3. The molecule has 1 amide bonds. The molecule has 0 bridgehead atoms. The normalized spacial score (nSPS) is 22.6. The number of para-hydroxylation sites is 2. The lowest BCUT2D eigenvalue weighted by Gasteiger charge is -2.39. The number of ketones is 2. The predicted molar refractivity (Wildman–Crippen MR) is 177 cm³/mol. The average molecular weight is 612 g/mol. The molecule has 0 unspecified atom stereocenters. The van der Waals surface area contributed by atoms with Crippen molar-refractivity contribution in [3.63, 3.8) is 0 Å². The molecule has 1 saturated heterocycles. The highest BCUT2D eigenvalue weighted by molar-refractivity contribution is 6.18. The fraction of sp³-hybridized carbons (Fsp3) is 0.237. The minimum atomic E-state index is -1.43. The van der Waals surface area contributed by atoms with E-state index in [1.807, 2.05) is 78.6 Å². The quantitative estimate of drug-likeness (QED) is 0.136. The lowest BCUT2D eigenvalue weighted by molar-refractivity contribution is -0.384. The maximum absolute atomic E-state index is 15.1. The van der Waals surface area contributed by atoms with Gasteiger partial charge in [-0.15, -0.1) is 0 Å². The smallest absolute Gasteiger partial charge is 0.269 e. The highest BCUT2D eigenvalue weighted by Crippen LogP contribution is 2.58. The van der Waals surface area contributed by atoms with Crippen molar-refractivity contribution in [2.45, 2.75) is 44.7 Å². The van der Waals surface area contributed by atoms with Gasteiger partial charge >= 0.3 is 0 Å². The summed E-state index contributed by atoms with van der Waals surface area (Å²) in [5, 5.41) is 14.5. The minimum Gasteiger partial charge on any atom is -0.352 e. The molecule has 1 N–H and O–H groups in total. The first-order valence-electron chi connectivity index (χ1n) is 15.5. The summed E-state index contributed by atoms with van der Waals surface area (Å²) in [6.07, 6.45) is 2.87. The van der Waals surface area contributed by atoms with E-state index in [1.54, 1.807) is 12.1 Å². The molecule has 3 heterocycles. The zero-order valence-electron chi connectivity index (χ0n) is 25.8. The fourth-order valence-electron chi connectivity index (χ4n) is 7.76. The molecule has 4 aromatic rings. The van der Waals surface area contributed by atoms with Gasteiger partial charge in [-0.3, -0.25) is 24.5 Å². The highest BCUT2D eigenvalue weighted by atomic mass is 16.6. The second-order valence-corrected chi connectivity index (χ2v) is 12.8. The summed E-state index contributed by atoms with van der Waals surface area (Å²) in [7, 11) is 0. The van der Waals surface area contributed by atoms with E-state index in [9.17, 15) is 19.7 Å². The Kier molecular flexibility index (Phi) is 6.96. The van der Waals surface area contributed by atoms with Gasteiger partial charge in [-0.25, -0.2) is 0 Å². The van der Waals surface area contributed by atoms with Gasteiger partial charge in [-0.05, 0) is 60.2 Å². The van der Waals surface area contributed by atoms with E-state index in [-0.39, 0.29) is 28.7 Å². The molecule has 3 aliphatic rings. The molecule has 0 saturated carbocycles. The Bertz CT molecular complexity index is 1950. The Hall–Kier alpha value is -5.37. The molecular weight excluding hydrogens is 578 g/mol. The molecule has 8 nitrogen and oxygen atoms in total. The van der Waals surface area contributed by atoms with Crippen LogP contribution in [-0.4, -0.2) is 34.5 Å². The van der Waals surface area contributed by atoms with E-state index in [1.165, 1.54) is 24.3 Å². The molecule has 7 rings (SSSR count). The van der Waals surface area contributed by atoms with Gasteiger partial charge < -0.3 is 10.2 Å². The number of nitro groups is 1. The summed E-state index contributed by atoms with van der Waals surface area (Å²) in [4.78, 5) is 57.3. The van der Waals surface area contributed by atoms with Crippen LogP contribution in [0.15, 0.2) is 103 Å². The van der Waals surface area contributed by atoms with Crippen LogP contribution in [-0.2, 0) is 16.6 Å². The maximum atomic E-state index is 15.1. The summed E-state index contributed by atoms with van der Waals surface area (Å²) in [5.74, 6) is -1.70. The molecule has 0 aliphatic carbocycles. The Morgan fingerprint density at radius 3 is 2.22 bits per heavy atom. The second kappa shape index (κ2) is 10.9. The Labute approximate surface area is 266 Å². The number of fused-ring (bicyclic) bond motifs is 6. The average Bonchev–Trinajstić information content (AvgIpc) is 3.52. The van der Waals surface area contributed by atoms with E-state index in [0.29, 0.717) is 22.7 Å². The Balaban J connectivity index is 1.48. The third-order valence-corrected chi connectivity index (χ3v) is 9.68. The number of benzene rings is 4. The van der Waals surface area contributed by atoms with Gasteiger partial charge in [0.2, 0.25) is 5.91 Å². The first-order valence-corrected chi connectivity index (χ1v) is 15.5. The van der Waals surface area contributed by atoms with Gasteiger partial charge in [-0.2, -0.15) is 0 Å². The number of anilines is 2. The monoisotopic (exact) mass is 611 g/mol. The van der Waals surface area contributed by atoms with Crippen molar-refractivity contribution in [2.75, 3.05) is 10.2 Å². The van der Waals surface area contributed by atoms with Crippen molar-refractivity contribution in [2.24, 2.45) is 11.8 Å². The number of carbonyl (C=O) groups excluding carboxylic acids is 3. The highest BCUT2D eigenvalue weighted by Gasteiger charge is 2.70. The SMILES string of the molecule is CC1=C[C@@H]2N(c3ccccc31)[C@H](C(=O)c1ccc([N+](=O)[O-])cc1)[C@@H](C(=O)c1ccc(CC(C)C)cc1)[C@]21C(=O)Nc2ccccc21. The summed E-state index contributed by atoms with van der Waals surface area (Å²) >= 11 is 0. The van der Waals surface area contributed by atoms with E-state index in [2.05, 4.69) is 19.2 Å². The van der Waals surface area contributed by atoms with E-state index in [0.717, 1.165) is 28.8 Å². The molecule has 0 aromatic heterocycles. The van der Waals surface area contributed by atoms with Gasteiger partial charge in [-0.1, -0.05) is 80.6 Å². The van der Waals surface area contributed by atoms with E-state index < -0.39 is 28.3 Å². The number of rotatable bonds is 7. The molecule has 3 aliphatic heterocycles. The predicted octanol–water partition coefficient (Wildman–Crippen LogP) is 7.04. The van der Waals surface area contributed by atoms with E-state index in [4.69, 9.17) is 0 Å². The summed E-state index contributed by atoms with van der Waals surface area (Å²) in [5.41, 5.74) is 4.08. The van der Waals surface area contributed by atoms with Crippen LogP contribution >= 0.6 is 0 Å². The molecule has 0 radical (unpaired) electrons. The zero-order valence-corrected chi connectivity index (χ0v) is 25.8. The van der Waals surface area contributed by atoms with Crippen LogP contribution < -0.4 is 10.2 Å². The molecule has 8 heteroatoms. The van der Waals surface area contributed by atoms with Crippen LogP contribution in [0.1, 0.15) is 58.2 Å². The van der Waals surface area contributed by atoms with Crippen LogP contribution in [0.25, 0.3) is 5.57 Å². The maximum Gasteiger partial charge on any atom is 0.269 e. The number of non-ortho nitro benzene ring substituents is 1. The number of amides is 1. The number of nitro benzene ring substituents is 1. The fourth-order valence-corrected chi connectivity index (χ4v) is 7.76. The summed E-state index contributed by atoms with van der Waals surface area (Å²) < 4.78 is 0. The van der Waals surface area contributed by atoms with Gasteiger partial charge in [0.1, 0.15) is 11.5 Å². The molecule has 4 atom stereocenters. The third kappa shape index (κ3) is 4.31. The van der Waals surface area contributed by atoms with Crippen LogP contribution in [0, 0.1) is 22.0 Å². The Morgan fingerprint density at radius 1 is 0.891 bits per heavy atom. The molecule has 230 valence electrons. The first kappa shape index (κ1) is 29.3. The van der Waals surface area contributed by atoms with E-state index >= 15 is 4.79 Å². The second-order valence-electron chi connectivity index (χ2n) is 12.8. The molecular formula is C38H33N3O5. The Morgan fingerprint density at radius 2 is 1.52 bits per heavy atom. The third-order valence-electron chi connectivity index (χ3n) is 9.68. The van der Waals surface area contributed by atoms with Gasteiger partial charge in [0.25, 0.3) is 5.69 Å². The number of Topliss-reactive ketones (excluding diaryl/α,β-unsaturated/α-hetero) is 2. The van der Waals surface area contributed by atoms with Gasteiger partial charge in [0.15, 0.2) is 11.6 Å². The van der Waals surface area contributed by atoms with Crippen LogP contribution in [0.5, 0.6) is 0 Å². The van der Waals surface area contributed by atoms with Crippen molar-refractivity contribution in [1.82, 2.24) is 0 Å². The number of hydrogen-bond donors (Lipinski definition) is 1. The molecule has 1 fully saturated rings. The van der Waals surface area contributed by atoms with Crippen molar-refractivity contribution >= 4 is 40.1 Å². The molecule has 4 aromatic carbocycles. The lowest BCUT2D eigenvalue weighted by Crippen LogP contribution is -2.51. The number of carbonyl (C=O) groups is 3. The number of hydrogen-bond acceptors (Lipinski definition) is 6. The standard InChI is InChI=1S/C38H33N3O5/c1-22(2)20-24-12-14-25(15-13-24)35(42)33-34(36(43)26-16-18-27(19-17-26)41(45)46)40-31-11-7-4-8-28(31)23(3)21-32(40)38(33)29-9-5-6-10-30(29)39-37(38)44/h4-19,21-22,32-34H,20H2,1-3H3,(H,39,44)/t32-,33-,34-,38+/m0/s1. The van der Waals surface area contributed by atoms with Gasteiger partial charge in [0.05, 0.1) is 16.9 Å². The zero-order chi connectivity index (χ0) is 32.3.